The molecule has 112 valence electrons. The lowest BCUT2D eigenvalue weighted by molar-refractivity contribution is 0.247. The van der Waals surface area contributed by atoms with Crippen LogP contribution in [0.5, 0.6) is 0 Å². The maximum atomic E-state index is 11.6. The van der Waals surface area contributed by atoms with Crippen LogP contribution in [0, 0.1) is 5.92 Å². The highest BCUT2D eigenvalue weighted by Crippen LogP contribution is 2.24. The summed E-state index contributed by atoms with van der Waals surface area (Å²) in [6.07, 6.45) is 8.11. The van der Waals surface area contributed by atoms with Crippen molar-refractivity contribution in [1.29, 1.82) is 0 Å². The Bertz CT molecular complexity index is 388. The zero-order chi connectivity index (χ0) is 13.9. The van der Waals surface area contributed by atoms with Crippen molar-refractivity contribution in [2.45, 2.75) is 49.9 Å². The molecular formula is C13H25ClN2O2S. The first-order valence-corrected chi connectivity index (χ1v) is 9.58. The van der Waals surface area contributed by atoms with Gasteiger partial charge in [0.15, 0.2) is 0 Å². The van der Waals surface area contributed by atoms with E-state index in [4.69, 9.17) is 11.6 Å². The molecule has 1 aliphatic heterocycles. The van der Waals surface area contributed by atoms with Crippen molar-refractivity contribution in [3.8, 4) is 0 Å². The van der Waals surface area contributed by atoms with Gasteiger partial charge in [-0.25, -0.2) is 12.7 Å². The van der Waals surface area contributed by atoms with Crippen LogP contribution in [0.15, 0.2) is 0 Å². The maximum Gasteiger partial charge on any atom is 0.211 e. The molecule has 6 heteroatoms. The number of nitrogens with one attached hydrogen (secondary N) is 1. The summed E-state index contributed by atoms with van der Waals surface area (Å²) in [7, 11) is -3.03. The number of halogens is 1. The van der Waals surface area contributed by atoms with E-state index in [0.29, 0.717) is 25.0 Å². The first-order valence-electron chi connectivity index (χ1n) is 7.29. The molecule has 1 aliphatic carbocycles. The summed E-state index contributed by atoms with van der Waals surface area (Å²) in [5.41, 5.74) is 0. The van der Waals surface area contributed by atoms with E-state index in [-0.39, 0.29) is 5.38 Å². The number of rotatable bonds is 4. The topological polar surface area (TPSA) is 49.4 Å². The Hall–Kier alpha value is 0.160. The molecule has 3 atom stereocenters. The zero-order valence-electron chi connectivity index (χ0n) is 11.6. The number of hydrogen-bond donors (Lipinski definition) is 1. The molecule has 0 amide bonds. The number of sulfonamides is 1. The van der Waals surface area contributed by atoms with E-state index in [2.05, 4.69) is 5.32 Å². The predicted molar refractivity (Wildman–Crippen MR) is 79.0 cm³/mol. The monoisotopic (exact) mass is 308 g/mol. The van der Waals surface area contributed by atoms with Crippen LogP contribution < -0.4 is 5.32 Å². The Labute approximate surface area is 121 Å². The minimum Gasteiger partial charge on any atom is -0.312 e. The van der Waals surface area contributed by atoms with Crippen LogP contribution in [0.2, 0.25) is 0 Å². The van der Waals surface area contributed by atoms with Crippen molar-refractivity contribution in [3.05, 3.63) is 0 Å². The highest BCUT2D eigenvalue weighted by Gasteiger charge is 2.28. The van der Waals surface area contributed by atoms with Crippen molar-refractivity contribution < 1.29 is 8.42 Å². The first-order chi connectivity index (χ1) is 8.97. The highest BCUT2D eigenvalue weighted by atomic mass is 35.5. The largest absolute Gasteiger partial charge is 0.312 e. The van der Waals surface area contributed by atoms with Crippen molar-refractivity contribution in [2.24, 2.45) is 5.92 Å². The average molecular weight is 309 g/mol. The van der Waals surface area contributed by atoms with Crippen LogP contribution in [0.25, 0.3) is 0 Å². The van der Waals surface area contributed by atoms with Gasteiger partial charge >= 0.3 is 0 Å². The zero-order valence-corrected chi connectivity index (χ0v) is 13.2. The minimum atomic E-state index is -3.03. The number of alkyl halides is 1. The summed E-state index contributed by atoms with van der Waals surface area (Å²) in [5.74, 6) is 0.425. The average Bonchev–Trinajstić information content (AvgIpc) is 2.37. The summed E-state index contributed by atoms with van der Waals surface area (Å²) in [6.45, 7) is 2.22. The molecule has 19 heavy (non-hydrogen) atoms. The third-order valence-corrected chi connectivity index (χ3v) is 6.09. The molecule has 3 unspecified atom stereocenters. The van der Waals surface area contributed by atoms with Gasteiger partial charge in [0.1, 0.15) is 0 Å². The van der Waals surface area contributed by atoms with Crippen molar-refractivity contribution >= 4 is 21.6 Å². The van der Waals surface area contributed by atoms with Crippen LogP contribution in [-0.4, -0.2) is 50.0 Å². The Morgan fingerprint density at radius 1 is 1.21 bits per heavy atom. The van der Waals surface area contributed by atoms with E-state index in [1.807, 2.05) is 0 Å². The van der Waals surface area contributed by atoms with Gasteiger partial charge < -0.3 is 5.32 Å². The summed E-state index contributed by atoms with van der Waals surface area (Å²) in [5, 5.41) is 3.80. The molecule has 1 heterocycles. The lowest BCUT2D eigenvalue weighted by atomic mass is 9.93. The van der Waals surface area contributed by atoms with E-state index in [1.165, 1.54) is 19.1 Å². The van der Waals surface area contributed by atoms with E-state index >= 15 is 0 Å². The van der Waals surface area contributed by atoms with Crippen molar-refractivity contribution in [2.75, 3.05) is 25.9 Å². The fourth-order valence-corrected chi connectivity index (χ4v) is 4.44. The van der Waals surface area contributed by atoms with Gasteiger partial charge in [-0.2, -0.15) is 0 Å². The van der Waals surface area contributed by atoms with E-state index in [1.54, 1.807) is 4.31 Å². The molecule has 0 radical (unpaired) electrons. The SMILES string of the molecule is CS(=O)(=O)N1CCCC(CNC2CCCCC2Cl)C1. The molecule has 0 aromatic rings. The first kappa shape index (κ1) is 15.5. The second kappa shape index (κ2) is 6.74. The van der Waals surface area contributed by atoms with Gasteiger partial charge in [-0.3, -0.25) is 0 Å². The molecule has 0 spiro atoms. The molecular weight excluding hydrogens is 284 g/mol. The molecule has 2 fully saturated rings. The highest BCUT2D eigenvalue weighted by molar-refractivity contribution is 7.88. The summed E-state index contributed by atoms with van der Waals surface area (Å²) in [6, 6.07) is 0.407. The van der Waals surface area contributed by atoms with Gasteiger partial charge in [-0.05, 0) is 38.1 Å². The van der Waals surface area contributed by atoms with Crippen LogP contribution in [-0.2, 0) is 10.0 Å². The van der Waals surface area contributed by atoms with Gasteiger partial charge in [0.25, 0.3) is 0 Å². The summed E-state index contributed by atoms with van der Waals surface area (Å²) in [4.78, 5) is 0. The molecule has 1 saturated carbocycles. The fraction of sp³-hybridized carbons (Fsp3) is 1.00. The van der Waals surface area contributed by atoms with E-state index in [9.17, 15) is 8.42 Å². The Balaban J connectivity index is 1.79. The Morgan fingerprint density at radius 3 is 2.63 bits per heavy atom. The van der Waals surface area contributed by atoms with Crippen LogP contribution in [0.3, 0.4) is 0 Å². The standard InChI is InChI=1S/C13H25ClN2O2S/c1-19(17,18)16-8-4-5-11(10-16)9-15-13-7-3-2-6-12(13)14/h11-13,15H,2-10H2,1H3. The van der Waals surface area contributed by atoms with Gasteiger partial charge in [-0.15, -0.1) is 11.6 Å². The van der Waals surface area contributed by atoms with Crippen molar-refractivity contribution in [3.63, 3.8) is 0 Å². The smallest absolute Gasteiger partial charge is 0.211 e. The van der Waals surface area contributed by atoms with Gasteiger partial charge in [0, 0.05) is 24.5 Å². The van der Waals surface area contributed by atoms with Crippen LogP contribution in [0.1, 0.15) is 38.5 Å². The van der Waals surface area contributed by atoms with E-state index in [0.717, 1.165) is 32.2 Å². The van der Waals surface area contributed by atoms with Crippen LogP contribution >= 0.6 is 11.6 Å². The third-order valence-electron chi connectivity index (χ3n) is 4.30. The molecule has 2 aliphatic rings. The third kappa shape index (κ3) is 4.59. The lowest BCUT2D eigenvalue weighted by Gasteiger charge is -2.34. The molecule has 1 N–H and O–H groups in total. The minimum absolute atomic E-state index is 0.239. The molecule has 0 bridgehead atoms. The van der Waals surface area contributed by atoms with Crippen molar-refractivity contribution in [1.82, 2.24) is 9.62 Å². The molecule has 4 nitrogen and oxygen atoms in total. The normalized spacial score (nSPS) is 34.3. The lowest BCUT2D eigenvalue weighted by Crippen LogP contribution is -2.46. The van der Waals surface area contributed by atoms with Gasteiger partial charge in [0.2, 0.25) is 10.0 Å². The Morgan fingerprint density at radius 2 is 1.95 bits per heavy atom. The second-order valence-electron chi connectivity index (χ2n) is 5.94. The quantitative estimate of drug-likeness (QED) is 0.806. The number of hydrogen-bond acceptors (Lipinski definition) is 3. The van der Waals surface area contributed by atoms with Gasteiger partial charge in [0.05, 0.1) is 6.26 Å². The van der Waals surface area contributed by atoms with E-state index < -0.39 is 10.0 Å². The number of piperidine rings is 1. The number of nitrogens with zero attached hydrogens (tertiary/aromatic N) is 1. The van der Waals surface area contributed by atoms with Gasteiger partial charge in [-0.1, -0.05) is 12.8 Å². The molecule has 1 saturated heterocycles. The predicted octanol–water partition coefficient (Wildman–Crippen LogP) is 1.80. The summed E-state index contributed by atoms with van der Waals surface area (Å²) >= 11 is 6.33. The van der Waals surface area contributed by atoms with Crippen LogP contribution in [0.4, 0.5) is 0 Å². The molecule has 0 aromatic heterocycles. The second-order valence-corrected chi connectivity index (χ2v) is 8.49. The summed E-state index contributed by atoms with van der Waals surface area (Å²) < 4.78 is 24.8. The molecule has 0 aromatic carbocycles. The Kier molecular flexibility index (Phi) is 5.52. The fourth-order valence-electron chi connectivity index (χ4n) is 3.13. The maximum absolute atomic E-state index is 11.6. The molecule has 2 rings (SSSR count).